The van der Waals surface area contributed by atoms with Crippen molar-refractivity contribution in [3.05, 3.63) is 34.3 Å². The molecule has 2 rings (SSSR count). The molecule has 1 amide bonds. The van der Waals surface area contributed by atoms with Gasteiger partial charge in [-0.2, -0.15) is 0 Å². The number of halogens is 1. The van der Waals surface area contributed by atoms with Gasteiger partial charge in [-0.05, 0) is 63.8 Å². The van der Waals surface area contributed by atoms with Crippen LogP contribution < -0.4 is 10.6 Å². The van der Waals surface area contributed by atoms with Gasteiger partial charge >= 0.3 is 6.09 Å². The fourth-order valence-corrected chi connectivity index (χ4v) is 3.51. The maximum absolute atomic E-state index is 12.2. The number of benzene rings is 1. The Morgan fingerprint density at radius 3 is 2.52 bits per heavy atom. The number of nitrogens with one attached hydrogen (secondary N) is 2. The number of ether oxygens (including phenoxy) is 1. The molecule has 0 bridgehead atoms. The summed E-state index contributed by atoms with van der Waals surface area (Å²) in [5.74, 6) is 0. The highest BCUT2D eigenvalue weighted by Crippen LogP contribution is 2.21. The fraction of sp³-hybridized carbons (Fsp3) is 0.650. The summed E-state index contributed by atoms with van der Waals surface area (Å²) in [6.45, 7) is 8.52. The van der Waals surface area contributed by atoms with E-state index in [1.807, 2.05) is 32.9 Å². The van der Waals surface area contributed by atoms with E-state index in [2.05, 4.69) is 23.6 Å². The third kappa shape index (κ3) is 6.87. The Bertz CT molecular complexity index is 584. The van der Waals surface area contributed by atoms with Gasteiger partial charge in [0.15, 0.2) is 0 Å². The summed E-state index contributed by atoms with van der Waals surface area (Å²) < 4.78 is 5.43. The van der Waals surface area contributed by atoms with Crippen LogP contribution in [0, 0.1) is 6.92 Å². The lowest BCUT2D eigenvalue weighted by atomic mass is 10.0. The van der Waals surface area contributed by atoms with Gasteiger partial charge in [-0.25, -0.2) is 4.79 Å². The lowest BCUT2D eigenvalue weighted by Gasteiger charge is -2.29. The zero-order valence-corrected chi connectivity index (χ0v) is 16.6. The molecule has 4 nitrogen and oxygen atoms in total. The quantitative estimate of drug-likeness (QED) is 0.740. The van der Waals surface area contributed by atoms with Gasteiger partial charge in [0.2, 0.25) is 0 Å². The van der Waals surface area contributed by atoms with E-state index >= 15 is 0 Å². The molecule has 140 valence electrons. The van der Waals surface area contributed by atoms with Crippen LogP contribution in [-0.2, 0) is 11.3 Å². The monoisotopic (exact) mass is 366 g/mol. The average Bonchev–Trinajstić information content (AvgIpc) is 2.70. The summed E-state index contributed by atoms with van der Waals surface area (Å²) in [4.78, 5) is 12.2. The third-order valence-electron chi connectivity index (χ3n) is 4.58. The Balaban J connectivity index is 1.98. The molecule has 0 aromatic heterocycles. The van der Waals surface area contributed by atoms with Crippen molar-refractivity contribution in [2.75, 3.05) is 0 Å². The number of rotatable bonds is 4. The third-order valence-corrected chi connectivity index (χ3v) is 4.81. The Labute approximate surface area is 156 Å². The summed E-state index contributed by atoms with van der Waals surface area (Å²) in [6.07, 6.45) is 5.25. The molecule has 1 fully saturated rings. The fourth-order valence-electron chi connectivity index (χ4n) is 3.28. The number of carbonyl (C=O) groups is 1. The topological polar surface area (TPSA) is 50.4 Å². The number of hydrogen-bond acceptors (Lipinski definition) is 3. The van der Waals surface area contributed by atoms with Crippen molar-refractivity contribution < 1.29 is 9.53 Å². The predicted molar refractivity (Wildman–Crippen MR) is 103 cm³/mol. The largest absolute Gasteiger partial charge is 0.444 e. The van der Waals surface area contributed by atoms with Crippen LogP contribution in [0.3, 0.4) is 0 Å². The van der Waals surface area contributed by atoms with Crippen LogP contribution in [0.25, 0.3) is 0 Å². The van der Waals surface area contributed by atoms with E-state index in [0.717, 1.165) is 30.8 Å². The van der Waals surface area contributed by atoms with E-state index in [9.17, 15) is 4.79 Å². The van der Waals surface area contributed by atoms with Crippen molar-refractivity contribution in [3.63, 3.8) is 0 Å². The lowest BCUT2D eigenvalue weighted by Crippen LogP contribution is -2.50. The molecule has 0 aliphatic heterocycles. The van der Waals surface area contributed by atoms with E-state index in [1.54, 1.807) is 0 Å². The second kappa shape index (κ2) is 8.91. The van der Waals surface area contributed by atoms with Crippen molar-refractivity contribution in [1.29, 1.82) is 0 Å². The Morgan fingerprint density at radius 2 is 1.88 bits per heavy atom. The zero-order valence-electron chi connectivity index (χ0n) is 15.8. The molecule has 0 radical (unpaired) electrons. The van der Waals surface area contributed by atoms with E-state index in [-0.39, 0.29) is 18.2 Å². The minimum absolute atomic E-state index is 0.102. The summed E-state index contributed by atoms with van der Waals surface area (Å²) in [5.41, 5.74) is 1.95. The molecule has 2 atom stereocenters. The Morgan fingerprint density at radius 1 is 1.20 bits per heavy atom. The molecule has 2 N–H and O–H groups in total. The van der Waals surface area contributed by atoms with E-state index < -0.39 is 5.60 Å². The van der Waals surface area contributed by atoms with Crippen molar-refractivity contribution in [1.82, 2.24) is 10.6 Å². The first-order valence-electron chi connectivity index (χ1n) is 9.22. The first-order chi connectivity index (χ1) is 11.7. The first-order valence-corrected chi connectivity index (χ1v) is 9.60. The SMILES string of the molecule is Cc1cc(Cl)ccc1CNC1CCCCCC1NC(=O)OC(C)(C)C. The molecular weight excluding hydrogens is 336 g/mol. The summed E-state index contributed by atoms with van der Waals surface area (Å²) in [7, 11) is 0. The van der Waals surface area contributed by atoms with Crippen LogP contribution in [0.2, 0.25) is 5.02 Å². The minimum atomic E-state index is -0.474. The second-order valence-corrected chi connectivity index (χ2v) is 8.39. The van der Waals surface area contributed by atoms with E-state index in [4.69, 9.17) is 16.3 Å². The molecule has 1 saturated carbocycles. The van der Waals surface area contributed by atoms with Crippen LogP contribution in [0.15, 0.2) is 18.2 Å². The van der Waals surface area contributed by atoms with Gasteiger partial charge < -0.3 is 15.4 Å². The van der Waals surface area contributed by atoms with Crippen molar-refractivity contribution in [2.45, 2.75) is 84.0 Å². The van der Waals surface area contributed by atoms with Crippen LogP contribution in [-0.4, -0.2) is 23.8 Å². The molecule has 1 aromatic carbocycles. The molecule has 5 heteroatoms. The lowest BCUT2D eigenvalue weighted by molar-refractivity contribution is 0.0489. The number of alkyl carbamates (subject to hydrolysis) is 1. The maximum atomic E-state index is 12.2. The van der Waals surface area contributed by atoms with Gasteiger partial charge in [0.25, 0.3) is 0 Å². The van der Waals surface area contributed by atoms with Crippen molar-refractivity contribution in [2.24, 2.45) is 0 Å². The summed E-state index contributed by atoms with van der Waals surface area (Å²) in [5, 5.41) is 7.49. The Hall–Kier alpha value is -1.26. The highest BCUT2D eigenvalue weighted by molar-refractivity contribution is 6.30. The maximum Gasteiger partial charge on any atom is 0.407 e. The summed E-state index contributed by atoms with van der Waals surface area (Å²) >= 11 is 6.04. The van der Waals surface area contributed by atoms with Gasteiger partial charge in [-0.15, -0.1) is 0 Å². The van der Waals surface area contributed by atoms with Gasteiger partial charge in [0.1, 0.15) is 5.60 Å². The van der Waals surface area contributed by atoms with Gasteiger partial charge in [0, 0.05) is 23.7 Å². The van der Waals surface area contributed by atoms with Gasteiger partial charge in [-0.3, -0.25) is 0 Å². The van der Waals surface area contributed by atoms with Crippen molar-refractivity contribution in [3.8, 4) is 0 Å². The standard InChI is InChI=1S/C20H31ClN2O2/c1-14-12-16(21)11-10-15(14)13-22-17-8-6-5-7-9-18(17)23-19(24)25-20(2,3)4/h10-12,17-18,22H,5-9,13H2,1-4H3,(H,23,24). The van der Waals surface area contributed by atoms with E-state index in [1.165, 1.54) is 24.0 Å². The molecule has 1 aromatic rings. The number of carbonyl (C=O) groups excluding carboxylic acids is 1. The smallest absolute Gasteiger partial charge is 0.407 e. The first kappa shape index (κ1) is 20.1. The number of hydrogen-bond donors (Lipinski definition) is 2. The number of amides is 1. The predicted octanol–water partition coefficient (Wildman–Crippen LogP) is 4.96. The molecule has 0 heterocycles. The number of aryl methyl sites for hydroxylation is 1. The van der Waals surface area contributed by atoms with Crippen LogP contribution in [0.1, 0.15) is 64.0 Å². The minimum Gasteiger partial charge on any atom is -0.444 e. The summed E-state index contributed by atoms with van der Waals surface area (Å²) in [6, 6.07) is 6.34. The molecule has 25 heavy (non-hydrogen) atoms. The van der Waals surface area contributed by atoms with Crippen LogP contribution in [0.5, 0.6) is 0 Å². The second-order valence-electron chi connectivity index (χ2n) is 7.95. The average molecular weight is 367 g/mol. The molecular formula is C20H31ClN2O2. The molecule has 0 saturated heterocycles. The van der Waals surface area contributed by atoms with Gasteiger partial charge in [0.05, 0.1) is 0 Å². The Kier molecular flexibility index (Phi) is 7.14. The van der Waals surface area contributed by atoms with Crippen LogP contribution in [0.4, 0.5) is 4.79 Å². The van der Waals surface area contributed by atoms with Crippen molar-refractivity contribution >= 4 is 17.7 Å². The van der Waals surface area contributed by atoms with Crippen LogP contribution >= 0.6 is 11.6 Å². The van der Waals surface area contributed by atoms with Gasteiger partial charge in [-0.1, -0.05) is 36.9 Å². The molecule has 0 spiro atoms. The highest BCUT2D eigenvalue weighted by atomic mass is 35.5. The normalized spacial score (nSPS) is 21.5. The highest BCUT2D eigenvalue weighted by Gasteiger charge is 2.27. The zero-order chi connectivity index (χ0) is 18.4. The molecule has 1 aliphatic rings. The van der Waals surface area contributed by atoms with E-state index in [0.29, 0.717) is 0 Å². The molecule has 1 aliphatic carbocycles. The molecule has 2 unspecified atom stereocenters.